The minimum Gasteiger partial charge on any atom is -0.378 e. The minimum atomic E-state index is -2.87. The number of aryl methyl sites for hydroxylation is 1. The number of benzene rings is 2. The molecule has 7 nitrogen and oxygen atoms in total. The number of alkyl halides is 2. The second kappa shape index (κ2) is 11.9. The molecule has 2 aromatic carbocycles. The summed E-state index contributed by atoms with van der Waals surface area (Å²) in [5.74, 6) is -1.38. The molecule has 4 aromatic rings. The molecule has 2 aromatic heterocycles. The van der Waals surface area contributed by atoms with Crippen molar-refractivity contribution >= 4 is 5.91 Å². The number of ether oxygens (including phenoxy) is 1. The predicted molar refractivity (Wildman–Crippen MR) is 136 cm³/mol. The molecule has 0 unspecified atom stereocenters. The Kier molecular flexibility index (Phi) is 8.42. The molecule has 0 saturated heterocycles. The Bertz CT molecular complexity index is 1480. The van der Waals surface area contributed by atoms with Gasteiger partial charge in [0.2, 0.25) is 0 Å². The normalized spacial score (nSPS) is 11.2. The fourth-order valence-corrected chi connectivity index (χ4v) is 4.20. The molecule has 0 spiro atoms. The van der Waals surface area contributed by atoms with Gasteiger partial charge in [-0.15, -0.1) is 0 Å². The highest BCUT2D eigenvalue weighted by molar-refractivity contribution is 5.95. The maximum Gasteiger partial charge on any atom is 0.264 e. The summed E-state index contributed by atoms with van der Waals surface area (Å²) in [6.07, 6.45) is 0.400. The molecule has 0 fully saturated rings. The lowest BCUT2D eigenvalue weighted by Crippen LogP contribution is -2.25. The molecule has 0 saturated carbocycles. The van der Waals surface area contributed by atoms with Gasteiger partial charge in [0.25, 0.3) is 17.9 Å². The lowest BCUT2D eigenvalue weighted by molar-refractivity contribution is 0.0943. The van der Waals surface area contributed by atoms with Gasteiger partial charge in [0, 0.05) is 43.2 Å². The number of aromatic nitrogens is 3. The van der Waals surface area contributed by atoms with Gasteiger partial charge < -0.3 is 14.6 Å². The van der Waals surface area contributed by atoms with Crippen LogP contribution in [0.2, 0.25) is 0 Å². The third kappa shape index (κ3) is 6.20. The molecular weight excluding hydrogens is 497 g/mol. The van der Waals surface area contributed by atoms with E-state index < -0.39 is 30.3 Å². The highest BCUT2D eigenvalue weighted by Crippen LogP contribution is 2.28. The monoisotopic (exact) mass is 524 g/mol. The number of carbonyl (C=O) groups is 1. The van der Waals surface area contributed by atoms with Gasteiger partial charge in [0.15, 0.2) is 0 Å². The van der Waals surface area contributed by atoms with Crippen molar-refractivity contribution in [3.05, 3.63) is 122 Å². The minimum absolute atomic E-state index is 0.0572. The fraction of sp³-hybridized carbons (Fsp3) is 0.250. The molecule has 2 heterocycles. The third-order valence-corrected chi connectivity index (χ3v) is 6.15. The Labute approximate surface area is 217 Å². The smallest absolute Gasteiger partial charge is 0.264 e. The van der Waals surface area contributed by atoms with Crippen LogP contribution in [0.5, 0.6) is 0 Å². The van der Waals surface area contributed by atoms with E-state index in [1.165, 1.54) is 26.2 Å². The van der Waals surface area contributed by atoms with Crippen LogP contribution in [0.15, 0.2) is 71.8 Å². The lowest BCUT2D eigenvalue weighted by Gasteiger charge is -2.14. The molecule has 0 atom stereocenters. The Morgan fingerprint density at radius 2 is 1.76 bits per heavy atom. The summed E-state index contributed by atoms with van der Waals surface area (Å²) < 4.78 is 49.7. The number of methoxy groups -OCH3 is 1. The SMILES string of the molecule is COCc1nn(Cc2ccc(Cn3ccccc3=O)cc2)cc1C(=O)NCc1c(F)ccc(C)c1C(F)F. The lowest BCUT2D eigenvalue weighted by atomic mass is 10.0. The molecule has 38 heavy (non-hydrogen) atoms. The first-order chi connectivity index (χ1) is 18.3. The van der Waals surface area contributed by atoms with Crippen LogP contribution in [-0.2, 0) is 31.0 Å². The van der Waals surface area contributed by atoms with Gasteiger partial charge in [-0.1, -0.05) is 36.4 Å². The zero-order valence-corrected chi connectivity index (χ0v) is 21.0. The molecule has 0 radical (unpaired) electrons. The quantitative estimate of drug-likeness (QED) is 0.329. The van der Waals surface area contributed by atoms with Crippen molar-refractivity contribution < 1.29 is 22.7 Å². The summed E-state index contributed by atoms with van der Waals surface area (Å²) in [6, 6.07) is 15.1. The molecule has 198 valence electrons. The van der Waals surface area contributed by atoms with Crippen molar-refractivity contribution in [3.8, 4) is 0 Å². The fourth-order valence-electron chi connectivity index (χ4n) is 4.20. The van der Waals surface area contributed by atoms with E-state index in [0.29, 0.717) is 18.8 Å². The van der Waals surface area contributed by atoms with Gasteiger partial charge >= 0.3 is 0 Å². The Morgan fingerprint density at radius 1 is 1.05 bits per heavy atom. The molecule has 1 N–H and O–H groups in total. The molecule has 0 aliphatic rings. The molecular formula is C28H27F3N4O3. The van der Waals surface area contributed by atoms with Crippen molar-refractivity contribution in [2.24, 2.45) is 0 Å². The Balaban J connectivity index is 1.48. The second-order valence-electron chi connectivity index (χ2n) is 8.84. The number of rotatable bonds is 10. The van der Waals surface area contributed by atoms with E-state index in [2.05, 4.69) is 10.4 Å². The van der Waals surface area contributed by atoms with Crippen LogP contribution in [-0.4, -0.2) is 27.4 Å². The van der Waals surface area contributed by atoms with E-state index in [4.69, 9.17) is 4.74 Å². The van der Waals surface area contributed by atoms with Gasteiger partial charge in [-0.05, 0) is 35.7 Å². The zero-order chi connectivity index (χ0) is 27.2. The Morgan fingerprint density at radius 3 is 2.42 bits per heavy atom. The van der Waals surface area contributed by atoms with Crippen molar-refractivity contribution in [3.63, 3.8) is 0 Å². The first-order valence-corrected chi connectivity index (χ1v) is 11.9. The largest absolute Gasteiger partial charge is 0.378 e. The van der Waals surface area contributed by atoms with Crippen LogP contribution < -0.4 is 10.9 Å². The summed E-state index contributed by atoms with van der Waals surface area (Å²) in [7, 11) is 1.47. The molecule has 0 aliphatic carbocycles. The molecule has 4 rings (SSSR count). The van der Waals surface area contributed by atoms with Gasteiger partial charge in [0.05, 0.1) is 25.3 Å². The number of halogens is 3. The topological polar surface area (TPSA) is 78.2 Å². The summed E-state index contributed by atoms with van der Waals surface area (Å²) in [5, 5.41) is 6.98. The highest BCUT2D eigenvalue weighted by atomic mass is 19.3. The average molecular weight is 525 g/mol. The number of nitrogens with zero attached hydrogens (tertiary/aromatic N) is 3. The molecule has 10 heteroatoms. The van der Waals surface area contributed by atoms with E-state index in [9.17, 15) is 22.8 Å². The number of pyridine rings is 1. The maximum absolute atomic E-state index is 14.3. The van der Waals surface area contributed by atoms with Crippen LogP contribution >= 0.6 is 0 Å². The number of hydrogen-bond donors (Lipinski definition) is 1. The van der Waals surface area contributed by atoms with Crippen molar-refractivity contribution in [1.29, 1.82) is 0 Å². The molecule has 0 bridgehead atoms. The van der Waals surface area contributed by atoms with Crippen molar-refractivity contribution in [2.75, 3.05) is 7.11 Å². The summed E-state index contributed by atoms with van der Waals surface area (Å²) in [4.78, 5) is 24.9. The number of amides is 1. The summed E-state index contributed by atoms with van der Waals surface area (Å²) in [6.45, 7) is 1.94. The Hall–Kier alpha value is -4.18. The van der Waals surface area contributed by atoms with Gasteiger partial charge in [0.1, 0.15) is 11.5 Å². The average Bonchev–Trinajstić information content (AvgIpc) is 3.29. The van der Waals surface area contributed by atoms with E-state index in [1.54, 1.807) is 33.8 Å². The van der Waals surface area contributed by atoms with E-state index in [1.807, 2.05) is 24.3 Å². The standard InChI is InChI=1S/C28H27F3N4O3/c1-18-6-11-23(29)21(26(18)27(30)31)13-32-28(37)22-16-35(33-24(22)17-38-2)15-20-9-7-19(8-10-20)14-34-12-4-3-5-25(34)36/h3-12,16,27H,13-15,17H2,1-2H3,(H,32,37). The van der Waals surface area contributed by atoms with E-state index in [0.717, 1.165) is 17.2 Å². The zero-order valence-electron chi connectivity index (χ0n) is 21.0. The van der Waals surface area contributed by atoms with Crippen LogP contribution in [0.3, 0.4) is 0 Å². The van der Waals surface area contributed by atoms with E-state index in [-0.39, 0.29) is 28.9 Å². The van der Waals surface area contributed by atoms with Crippen LogP contribution in [0.1, 0.15) is 50.3 Å². The first kappa shape index (κ1) is 26.9. The summed E-state index contributed by atoms with van der Waals surface area (Å²) >= 11 is 0. The molecule has 0 aliphatic heterocycles. The third-order valence-electron chi connectivity index (χ3n) is 6.15. The van der Waals surface area contributed by atoms with Crippen LogP contribution in [0.25, 0.3) is 0 Å². The highest BCUT2D eigenvalue weighted by Gasteiger charge is 2.22. The number of nitrogens with one attached hydrogen (secondary N) is 1. The van der Waals surface area contributed by atoms with Crippen LogP contribution in [0.4, 0.5) is 13.2 Å². The maximum atomic E-state index is 14.3. The van der Waals surface area contributed by atoms with Gasteiger partial charge in [-0.25, -0.2) is 13.2 Å². The number of carbonyl (C=O) groups excluding carboxylic acids is 1. The number of hydrogen-bond acceptors (Lipinski definition) is 4. The molecule has 1 amide bonds. The van der Waals surface area contributed by atoms with Gasteiger partial charge in [-0.3, -0.25) is 14.3 Å². The summed E-state index contributed by atoms with van der Waals surface area (Å²) in [5.41, 5.74) is 1.94. The second-order valence-corrected chi connectivity index (χ2v) is 8.84. The van der Waals surface area contributed by atoms with Gasteiger partial charge in [-0.2, -0.15) is 5.10 Å². The van der Waals surface area contributed by atoms with E-state index >= 15 is 0 Å². The van der Waals surface area contributed by atoms with Crippen molar-refractivity contribution in [1.82, 2.24) is 19.7 Å². The van der Waals surface area contributed by atoms with Crippen molar-refractivity contribution in [2.45, 2.75) is 39.6 Å². The van der Waals surface area contributed by atoms with Crippen LogP contribution in [0, 0.1) is 12.7 Å². The predicted octanol–water partition coefficient (Wildman–Crippen LogP) is 4.60. The first-order valence-electron chi connectivity index (χ1n) is 11.9.